The van der Waals surface area contributed by atoms with E-state index in [9.17, 15) is 4.79 Å². The SMILES string of the molecule is C1CCC(NC2CCCCC2)CC1.CC(C#N)CCCCCC(=O)O. The van der Waals surface area contributed by atoms with Crippen molar-refractivity contribution in [3.63, 3.8) is 0 Å². The van der Waals surface area contributed by atoms with Crippen LogP contribution in [0.25, 0.3) is 0 Å². The molecule has 4 nitrogen and oxygen atoms in total. The van der Waals surface area contributed by atoms with Crippen LogP contribution in [0.3, 0.4) is 0 Å². The lowest BCUT2D eigenvalue weighted by Gasteiger charge is -2.30. The van der Waals surface area contributed by atoms with Gasteiger partial charge in [-0.15, -0.1) is 0 Å². The van der Waals surface area contributed by atoms with E-state index >= 15 is 0 Å². The van der Waals surface area contributed by atoms with Gasteiger partial charge in [-0.3, -0.25) is 4.79 Å². The van der Waals surface area contributed by atoms with Gasteiger partial charge in [0.25, 0.3) is 0 Å². The van der Waals surface area contributed by atoms with Crippen molar-refractivity contribution in [1.29, 1.82) is 5.26 Å². The summed E-state index contributed by atoms with van der Waals surface area (Å²) in [5.41, 5.74) is 0. The van der Waals surface area contributed by atoms with E-state index in [0.717, 1.165) is 37.8 Å². The molecule has 0 heterocycles. The number of nitrogens with one attached hydrogen (secondary N) is 1. The standard InChI is InChI=1S/C12H23N.C9H15NO2/c1-3-7-11(8-4-1)13-12-9-5-2-6-10-12;1-8(7-10)5-3-2-4-6-9(11)12/h11-13H,1-10H2;8H,2-6H2,1H3,(H,11,12). The molecule has 0 aromatic carbocycles. The zero-order valence-electron chi connectivity index (χ0n) is 16.1. The predicted molar refractivity (Wildman–Crippen MR) is 102 cm³/mol. The van der Waals surface area contributed by atoms with Gasteiger partial charge in [-0.1, -0.05) is 51.4 Å². The first-order valence-corrected chi connectivity index (χ1v) is 10.5. The van der Waals surface area contributed by atoms with Crippen molar-refractivity contribution in [2.75, 3.05) is 0 Å². The number of rotatable bonds is 8. The molecule has 0 aliphatic heterocycles. The van der Waals surface area contributed by atoms with Gasteiger partial charge >= 0.3 is 5.97 Å². The van der Waals surface area contributed by atoms with Crippen molar-refractivity contribution < 1.29 is 9.90 Å². The minimum absolute atomic E-state index is 0.106. The number of hydrogen-bond donors (Lipinski definition) is 2. The van der Waals surface area contributed by atoms with Gasteiger partial charge < -0.3 is 10.4 Å². The van der Waals surface area contributed by atoms with E-state index in [2.05, 4.69) is 11.4 Å². The van der Waals surface area contributed by atoms with Crippen LogP contribution >= 0.6 is 0 Å². The summed E-state index contributed by atoms with van der Waals surface area (Å²) in [6.07, 6.45) is 18.3. The van der Waals surface area contributed by atoms with Crippen LogP contribution in [0.5, 0.6) is 0 Å². The van der Waals surface area contributed by atoms with E-state index in [0.29, 0.717) is 0 Å². The summed E-state index contributed by atoms with van der Waals surface area (Å²) in [6, 6.07) is 3.89. The smallest absolute Gasteiger partial charge is 0.303 e. The Labute approximate surface area is 154 Å². The maximum Gasteiger partial charge on any atom is 0.303 e. The van der Waals surface area contributed by atoms with Crippen molar-refractivity contribution in [1.82, 2.24) is 5.32 Å². The molecule has 1 unspecified atom stereocenters. The van der Waals surface area contributed by atoms with Gasteiger partial charge in [-0.2, -0.15) is 5.26 Å². The molecule has 0 saturated heterocycles. The Bertz CT molecular complexity index is 364. The van der Waals surface area contributed by atoms with Crippen molar-refractivity contribution in [2.45, 2.75) is 115 Å². The van der Waals surface area contributed by atoms with Crippen LogP contribution in [0.1, 0.15) is 103 Å². The van der Waals surface area contributed by atoms with E-state index in [1.165, 1.54) is 64.2 Å². The zero-order valence-corrected chi connectivity index (χ0v) is 16.1. The van der Waals surface area contributed by atoms with Crippen molar-refractivity contribution >= 4 is 5.97 Å². The Morgan fingerprint density at radius 3 is 1.96 bits per heavy atom. The fraction of sp³-hybridized carbons (Fsp3) is 0.905. The highest BCUT2D eigenvalue weighted by atomic mass is 16.4. The zero-order chi connectivity index (χ0) is 18.3. The minimum Gasteiger partial charge on any atom is -0.481 e. The van der Waals surface area contributed by atoms with Gasteiger partial charge in [0.1, 0.15) is 0 Å². The van der Waals surface area contributed by atoms with E-state index in [1.807, 2.05) is 6.92 Å². The molecule has 144 valence electrons. The molecule has 0 bridgehead atoms. The average molecular weight is 351 g/mol. The van der Waals surface area contributed by atoms with E-state index in [4.69, 9.17) is 10.4 Å². The number of aliphatic carboxylic acids is 1. The van der Waals surface area contributed by atoms with Gasteiger partial charge in [-0.05, 0) is 45.4 Å². The molecule has 2 aliphatic rings. The van der Waals surface area contributed by atoms with Crippen LogP contribution in [-0.2, 0) is 4.79 Å². The summed E-state index contributed by atoms with van der Waals surface area (Å²) in [7, 11) is 0. The highest BCUT2D eigenvalue weighted by Gasteiger charge is 2.19. The van der Waals surface area contributed by atoms with Crippen molar-refractivity contribution in [3.05, 3.63) is 0 Å². The largest absolute Gasteiger partial charge is 0.481 e. The second-order valence-electron chi connectivity index (χ2n) is 7.86. The Hall–Kier alpha value is -1.08. The average Bonchev–Trinajstić information content (AvgIpc) is 2.63. The molecule has 0 aromatic heterocycles. The summed E-state index contributed by atoms with van der Waals surface area (Å²) >= 11 is 0. The molecule has 2 aliphatic carbocycles. The fourth-order valence-corrected chi connectivity index (χ4v) is 3.84. The molecule has 0 amide bonds. The number of nitriles is 1. The first kappa shape index (κ1) is 22.0. The van der Waals surface area contributed by atoms with Crippen LogP contribution in [0.2, 0.25) is 0 Å². The first-order valence-electron chi connectivity index (χ1n) is 10.5. The normalized spacial score (nSPS) is 20.2. The van der Waals surface area contributed by atoms with Crippen LogP contribution < -0.4 is 5.32 Å². The lowest BCUT2D eigenvalue weighted by atomic mass is 9.91. The Kier molecular flexibility index (Phi) is 12.4. The fourth-order valence-electron chi connectivity index (χ4n) is 3.84. The predicted octanol–water partition coefficient (Wildman–Crippen LogP) is 5.42. The third-order valence-corrected chi connectivity index (χ3v) is 5.43. The molecule has 1 atom stereocenters. The molecule has 4 heteroatoms. The third-order valence-electron chi connectivity index (χ3n) is 5.43. The first-order chi connectivity index (χ1) is 12.1. The lowest BCUT2D eigenvalue weighted by Crippen LogP contribution is -2.40. The Balaban J connectivity index is 0.000000252. The third kappa shape index (κ3) is 12.0. The summed E-state index contributed by atoms with van der Waals surface area (Å²) < 4.78 is 0. The van der Waals surface area contributed by atoms with Crippen LogP contribution in [-0.4, -0.2) is 23.2 Å². The molecule has 2 fully saturated rings. The van der Waals surface area contributed by atoms with Gasteiger partial charge in [0.15, 0.2) is 0 Å². The van der Waals surface area contributed by atoms with Gasteiger partial charge in [-0.25, -0.2) is 0 Å². The molecule has 0 spiro atoms. The lowest BCUT2D eigenvalue weighted by molar-refractivity contribution is -0.137. The number of carbonyl (C=O) groups is 1. The van der Waals surface area contributed by atoms with Gasteiger partial charge in [0.2, 0.25) is 0 Å². The van der Waals surface area contributed by atoms with E-state index in [-0.39, 0.29) is 12.3 Å². The molecule has 0 radical (unpaired) electrons. The van der Waals surface area contributed by atoms with Crippen LogP contribution in [0, 0.1) is 17.2 Å². The molecular formula is C21H38N2O2. The van der Waals surface area contributed by atoms with Crippen molar-refractivity contribution in [3.8, 4) is 6.07 Å². The maximum atomic E-state index is 10.1. The summed E-state index contributed by atoms with van der Waals surface area (Å²) in [6.45, 7) is 1.89. The number of carboxylic acid groups (broad SMARTS) is 1. The highest BCUT2D eigenvalue weighted by molar-refractivity contribution is 5.66. The quantitative estimate of drug-likeness (QED) is 0.573. The maximum absolute atomic E-state index is 10.1. The van der Waals surface area contributed by atoms with Crippen LogP contribution in [0.4, 0.5) is 0 Å². The molecule has 2 saturated carbocycles. The number of nitrogens with zero attached hydrogens (tertiary/aromatic N) is 1. The minimum atomic E-state index is -0.733. The molecule has 0 aromatic rings. The molecule has 2 rings (SSSR count). The summed E-state index contributed by atoms with van der Waals surface area (Å²) in [4.78, 5) is 10.1. The second kappa shape index (κ2) is 14.1. The van der Waals surface area contributed by atoms with Gasteiger partial charge in [0.05, 0.1) is 6.07 Å². The molecule has 2 N–H and O–H groups in total. The van der Waals surface area contributed by atoms with Crippen LogP contribution in [0.15, 0.2) is 0 Å². The number of unbranched alkanes of at least 4 members (excludes halogenated alkanes) is 2. The highest BCUT2D eigenvalue weighted by Crippen LogP contribution is 2.22. The van der Waals surface area contributed by atoms with E-state index < -0.39 is 5.97 Å². The van der Waals surface area contributed by atoms with E-state index in [1.54, 1.807) is 0 Å². The molecular weight excluding hydrogens is 312 g/mol. The number of carboxylic acids is 1. The van der Waals surface area contributed by atoms with Gasteiger partial charge in [0, 0.05) is 24.4 Å². The Morgan fingerprint density at radius 2 is 1.52 bits per heavy atom. The van der Waals surface area contributed by atoms with Crippen molar-refractivity contribution in [2.24, 2.45) is 5.92 Å². The number of hydrogen-bond acceptors (Lipinski definition) is 3. The monoisotopic (exact) mass is 350 g/mol. The Morgan fingerprint density at radius 1 is 1.00 bits per heavy atom. The summed E-state index contributed by atoms with van der Waals surface area (Å²) in [5, 5.41) is 20.6. The topological polar surface area (TPSA) is 73.1 Å². The molecule has 25 heavy (non-hydrogen) atoms. The second-order valence-corrected chi connectivity index (χ2v) is 7.86. The summed E-state index contributed by atoms with van der Waals surface area (Å²) in [5.74, 6) is -0.627.